The molecule has 2 N–H and O–H groups in total. The second-order valence-corrected chi connectivity index (χ2v) is 7.48. The summed E-state index contributed by atoms with van der Waals surface area (Å²) in [4.78, 5) is 29.5. The molecule has 1 aromatic heterocycles. The van der Waals surface area contributed by atoms with Crippen LogP contribution in [-0.4, -0.2) is 46.6 Å². The van der Waals surface area contributed by atoms with Gasteiger partial charge in [0.2, 0.25) is 0 Å². The number of piperidine rings is 1. The number of amides is 2. The molecule has 0 saturated carbocycles. The van der Waals surface area contributed by atoms with Crippen molar-refractivity contribution in [2.24, 2.45) is 0 Å². The topological polar surface area (TPSA) is 74.4 Å². The fraction of sp³-hybridized carbons (Fsp3) is 0.474. The van der Waals surface area contributed by atoms with Crippen molar-refractivity contribution in [3.05, 3.63) is 36.0 Å². The number of aromatic nitrogens is 1. The third-order valence-electron chi connectivity index (χ3n) is 4.26. The lowest BCUT2D eigenvalue weighted by Gasteiger charge is -2.32. The third kappa shape index (κ3) is 4.32. The minimum atomic E-state index is -0.504. The van der Waals surface area contributed by atoms with Crippen molar-refractivity contribution in [1.29, 1.82) is 0 Å². The van der Waals surface area contributed by atoms with Gasteiger partial charge in [0.1, 0.15) is 11.3 Å². The number of H-pyrrole nitrogens is 1. The van der Waals surface area contributed by atoms with Gasteiger partial charge in [0.05, 0.1) is 0 Å². The number of likely N-dealkylation sites (tertiary alicyclic amines) is 1. The van der Waals surface area contributed by atoms with Gasteiger partial charge < -0.3 is 19.9 Å². The van der Waals surface area contributed by atoms with Gasteiger partial charge in [-0.2, -0.15) is 0 Å². The van der Waals surface area contributed by atoms with Crippen molar-refractivity contribution in [1.82, 2.24) is 15.2 Å². The van der Waals surface area contributed by atoms with E-state index < -0.39 is 11.7 Å². The molecule has 6 nitrogen and oxygen atoms in total. The highest BCUT2D eigenvalue weighted by Gasteiger charge is 2.26. The first-order chi connectivity index (χ1) is 11.8. The molecule has 0 unspecified atom stereocenters. The summed E-state index contributed by atoms with van der Waals surface area (Å²) in [6.07, 6.45) is 1.06. The molecule has 1 aromatic carbocycles. The van der Waals surface area contributed by atoms with Gasteiger partial charge in [-0.15, -0.1) is 0 Å². The fourth-order valence-corrected chi connectivity index (χ4v) is 3.06. The molecular formula is C19H25N3O3. The van der Waals surface area contributed by atoms with Gasteiger partial charge in [-0.05, 0) is 45.7 Å². The zero-order chi connectivity index (χ0) is 18.0. The number of rotatable bonds is 2. The zero-order valence-electron chi connectivity index (χ0n) is 15.0. The first-order valence-electron chi connectivity index (χ1n) is 8.68. The van der Waals surface area contributed by atoms with Crippen molar-refractivity contribution >= 4 is 22.9 Å². The molecule has 0 atom stereocenters. The Morgan fingerprint density at radius 2 is 1.88 bits per heavy atom. The third-order valence-corrected chi connectivity index (χ3v) is 4.26. The highest BCUT2D eigenvalue weighted by atomic mass is 16.6. The van der Waals surface area contributed by atoms with Crippen LogP contribution in [0.5, 0.6) is 0 Å². The van der Waals surface area contributed by atoms with E-state index in [1.54, 1.807) is 0 Å². The van der Waals surface area contributed by atoms with Crippen molar-refractivity contribution in [3.63, 3.8) is 0 Å². The van der Waals surface area contributed by atoms with Gasteiger partial charge in [0.25, 0.3) is 5.91 Å². The van der Waals surface area contributed by atoms with E-state index in [-0.39, 0.29) is 11.9 Å². The molecule has 1 fully saturated rings. The fourth-order valence-electron chi connectivity index (χ4n) is 3.06. The molecule has 1 saturated heterocycles. The monoisotopic (exact) mass is 343 g/mol. The summed E-state index contributed by atoms with van der Waals surface area (Å²) in [5.74, 6) is 0.00641. The smallest absolute Gasteiger partial charge is 0.407 e. The molecule has 2 heterocycles. The van der Waals surface area contributed by atoms with Crippen LogP contribution in [-0.2, 0) is 4.74 Å². The summed E-state index contributed by atoms with van der Waals surface area (Å²) in [5, 5.41) is 3.92. The van der Waals surface area contributed by atoms with E-state index >= 15 is 0 Å². The lowest BCUT2D eigenvalue weighted by atomic mass is 10.0. The van der Waals surface area contributed by atoms with E-state index in [2.05, 4.69) is 10.3 Å². The summed E-state index contributed by atoms with van der Waals surface area (Å²) in [5.41, 5.74) is 1.07. The molecule has 0 radical (unpaired) electrons. The number of hydrogen-bond donors (Lipinski definition) is 2. The van der Waals surface area contributed by atoms with E-state index in [0.717, 1.165) is 23.7 Å². The predicted octanol–water partition coefficient (Wildman–Crippen LogP) is 3.30. The van der Waals surface area contributed by atoms with E-state index in [4.69, 9.17) is 4.74 Å². The summed E-state index contributed by atoms with van der Waals surface area (Å²) >= 11 is 0. The maximum atomic E-state index is 12.7. The summed E-state index contributed by atoms with van der Waals surface area (Å²) in [6, 6.07) is 9.78. The molecule has 2 amide bonds. The number of alkyl carbamates (subject to hydrolysis) is 1. The maximum absolute atomic E-state index is 12.7. The van der Waals surface area contributed by atoms with Gasteiger partial charge in [-0.1, -0.05) is 18.2 Å². The Kier molecular flexibility index (Phi) is 4.70. The van der Waals surface area contributed by atoms with Crippen LogP contribution >= 0.6 is 0 Å². The van der Waals surface area contributed by atoms with E-state index in [1.165, 1.54) is 0 Å². The maximum Gasteiger partial charge on any atom is 0.407 e. The van der Waals surface area contributed by atoms with E-state index in [0.29, 0.717) is 18.8 Å². The zero-order valence-corrected chi connectivity index (χ0v) is 15.0. The quantitative estimate of drug-likeness (QED) is 0.878. The second-order valence-electron chi connectivity index (χ2n) is 7.48. The van der Waals surface area contributed by atoms with Crippen LogP contribution in [0.15, 0.2) is 30.3 Å². The summed E-state index contributed by atoms with van der Waals surface area (Å²) < 4.78 is 5.28. The molecule has 3 rings (SSSR count). The summed E-state index contributed by atoms with van der Waals surface area (Å²) in [6.45, 7) is 6.76. The first-order valence-corrected chi connectivity index (χ1v) is 8.68. The van der Waals surface area contributed by atoms with Crippen molar-refractivity contribution in [3.8, 4) is 0 Å². The van der Waals surface area contributed by atoms with Crippen LogP contribution in [0.4, 0.5) is 4.79 Å². The van der Waals surface area contributed by atoms with Crippen LogP contribution in [0.1, 0.15) is 44.1 Å². The van der Waals surface area contributed by atoms with Gasteiger partial charge >= 0.3 is 6.09 Å². The number of ether oxygens (including phenoxy) is 1. The highest BCUT2D eigenvalue weighted by molar-refractivity contribution is 5.98. The molecule has 1 aliphatic rings. The van der Waals surface area contributed by atoms with Gasteiger partial charge in [0, 0.05) is 30.0 Å². The molecule has 25 heavy (non-hydrogen) atoms. The number of para-hydroxylation sites is 1. The van der Waals surface area contributed by atoms with Crippen LogP contribution in [0.3, 0.4) is 0 Å². The highest BCUT2D eigenvalue weighted by Crippen LogP contribution is 2.19. The lowest BCUT2D eigenvalue weighted by molar-refractivity contribution is 0.0473. The minimum absolute atomic E-state index is 0.00641. The predicted molar refractivity (Wildman–Crippen MR) is 96.6 cm³/mol. The van der Waals surface area contributed by atoms with E-state index in [1.807, 2.05) is 56.0 Å². The molecule has 134 valence electrons. The molecule has 0 bridgehead atoms. The van der Waals surface area contributed by atoms with Gasteiger partial charge in [-0.25, -0.2) is 4.79 Å². The molecule has 2 aromatic rings. The average molecular weight is 343 g/mol. The van der Waals surface area contributed by atoms with Crippen molar-refractivity contribution < 1.29 is 14.3 Å². The largest absolute Gasteiger partial charge is 0.444 e. The SMILES string of the molecule is CC(C)(C)OC(=O)NC1CCN(C(=O)c2cc3ccccc3[nH]2)CC1. The number of aromatic amines is 1. The normalized spacial score (nSPS) is 16.0. The van der Waals surface area contributed by atoms with Crippen LogP contribution < -0.4 is 5.32 Å². The van der Waals surface area contributed by atoms with Crippen molar-refractivity contribution in [2.75, 3.05) is 13.1 Å². The van der Waals surface area contributed by atoms with Crippen LogP contribution in [0.2, 0.25) is 0 Å². The molecule has 0 aliphatic carbocycles. The van der Waals surface area contributed by atoms with E-state index in [9.17, 15) is 9.59 Å². The molecule has 1 aliphatic heterocycles. The van der Waals surface area contributed by atoms with Gasteiger partial charge in [-0.3, -0.25) is 4.79 Å². The Hall–Kier alpha value is -2.50. The number of benzene rings is 1. The Balaban J connectivity index is 1.55. The lowest BCUT2D eigenvalue weighted by Crippen LogP contribution is -2.47. The first kappa shape index (κ1) is 17.3. The van der Waals surface area contributed by atoms with Crippen molar-refractivity contribution in [2.45, 2.75) is 45.3 Å². The number of carbonyl (C=O) groups excluding carboxylic acids is 2. The number of fused-ring (bicyclic) bond motifs is 1. The molecule has 6 heteroatoms. The standard InChI is InChI=1S/C19H25N3O3/c1-19(2,3)25-18(24)20-14-8-10-22(11-9-14)17(23)16-12-13-6-4-5-7-15(13)21-16/h4-7,12,14,21H,8-11H2,1-3H3,(H,20,24). The number of nitrogens with one attached hydrogen (secondary N) is 2. The Morgan fingerprint density at radius 3 is 2.52 bits per heavy atom. The Morgan fingerprint density at radius 1 is 1.20 bits per heavy atom. The van der Waals surface area contributed by atoms with Crippen LogP contribution in [0.25, 0.3) is 10.9 Å². The Labute approximate surface area is 147 Å². The number of carbonyl (C=O) groups is 2. The average Bonchev–Trinajstić information content (AvgIpc) is 2.97. The summed E-state index contributed by atoms with van der Waals surface area (Å²) in [7, 11) is 0. The van der Waals surface area contributed by atoms with Gasteiger partial charge in [0.15, 0.2) is 0 Å². The number of hydrogen-bond acceptors (Lipinski definition) is 3. The second kappa shape index (κ2) is 6.78. The minimum Gasteiger partial charge on any atom is -0.444 e. The molecule has 0 spiro atoms. The Bertz CT molecular complexity index is 735. The number of nitrogens with zero attached hydrogens (tertiary/aromatic N) is 1. The molecular weight excluding hydrogens is 318 g/mol. The van der Waals surface area contributed by atoms with Crippen LogP contribution in [0, 0.1) is 0 Å².